The predicted octanol–water partition coefficient (Wildman–Crippen LogP) is 3.31. The predicted molar refractivity (Wildman–Crippen MR) is 74.6 cm³/mol. The summed E-state index contributed by atoms with van der Waals surface area (Å²) < 4.78 is 0. The number of aromatic nitrogens is 1. The third kappa shape index (κ3) is 2.69. The van der Waals surface area contributed by atoms with Crippen molar-refractivity contribution in [3.05, 3.63) is 46.0 Å². The van der Waals surface area contributed by atoms with E-state index in [1.54, 1.807) is 0 Å². The second-order valence-corrected chi connectivity index (χ2v) is 5.62. The Labute approximate surface area is 111 Å². The largest absolute Gasteiger partial charge is 0.375 e. The lowest BCUT2D eigenvalue weighted by Crippen LogP contribution is -1.95. The summed E-state index contributed by atoms with van der Waals surface area (Å²) in [5.41, 5.74) is 8.67. The van der Waals surface area contributed by atoms with Gasteiger partial charge in [0.05, 0.1) is 17.3 Å². The van der Waals surface area contributed by atoms with Gasteiger partial charge in [-0.3, -0.25) is 0 Å². The van der Waals surface area contributed by atoms with Crippen molar-refractivity contribution in [2.24, 2.45) is 0 Å². The third-order valence-corrected chi connectivity index (χ3v) is 3.61. The fourth-order valence-electron chi connectivity index (χ4n) is 1.90. The summed E-state index contributed by atoms with van der Waals surface area (Å²) in [5.74, 6) is 0.368. The summed E-state index contributed by atoms with van der Waals surface area (Å²) in [6.45, 7) is 4.23. The Hall–Kier alpha value is -1.86. The summed E-state index contributed by atoms with van der Waals surface area (Å²) in [7, 11) is 0. The summed E-state index contributed by atoms with van der Waals surface area (Å²) in [6, 6.07) is 9.83. The van der Waals surface area contributed by atoms with E-state index in [0.717, 1.165) is 17.7 Å². The molecular weight excluding hydrogens is 242 g/mol. The van der Waals surface area contributed by atoms with Gasteiger partial charge in [0.15, 0.2) is 5.13 Å². The lowest BCUT2D eigenvalue weighted by Gasteiger charge is -2.05. The van der Waals surface area contributed by atoms with E-state index in [0.29, 0.717) is 16.6 Å². The number of nitriles is 1. The van der Waals surface area contributed by atoms with Gasteiger partial charge in [0.1, 0.15) is 0 Å². The van der Waals surface area contributed by atoms with Gasteiger partial charge < -0.3 is 5.73 Å². The quantitative estimate of drug-likeness (QED) is 0.917. The molecule has 0 spiro atoms. The van der Waals surface area contributed by atoms with Gasteiger partial charge in [-0.05, 0) is 23.6 Å². The van der Waals surface area contributed by atoms with Crippen LogP contribution in [0, 0.1) is 11.3 Å². The van der Waals surface area contributed by atoms with Crippen LogP contribution in [0.1, 0.15) is 41.5 Å². The van der Waals surface area contributed by atoms with Gasteiger partial charge in [0.25, 0.3) is 0 Å². The minimum Gasteiger partial charge on any atom is -0.375 e. The smallest absolute Gasteiger partial charge is 0.180 e. The zero-order chi connectivity index (χ0) is 13.1. The first-order chi connectivity index (χ1) is 8.60. The highest BCUT2D eigenvalue weighted by molar-refractivity contribution is 7.15. The van der Waals surface area contributed by atoms with E-state index >= 15 is 0 Å². The van der Waals surface area contributed by atoms with Gasteiger partial charge in [0.2, 0.25) is 0 Å². The van der Waals surface area contributed by atoms with Crippen LogP contribution in [0.15, 0.2) is 24.3 Å². The number of anilines is 1. The van der Waals surface area contributed by atoms with Gasteiger partial charge >= 0.3 is 0 Å². The molecule has 0 aliphatic rings. The molecule has 4 heteroatoms. The molecule has 0 saturated carbocycles. The van der Waals surface area contributed by atoms with Crippen molar-refractivity contribution >= 4 is 16.5 Å². The summed E-state index contributed by atoms with van der Waals surface area (Å²) in [5, 5.41) is 9.51. The van der Waals surface area contributed by atoms with E-state index in [4.69, 9.17) is 11.0 Å². The molecule has 0 radical (unpaired) electrons. The number of nitrogens with zero attached hydrogens (tertiary/aromatic N) is 2. The van der Waals surface area contributed by atoms with Crippen LogP contribution in [0.3, 0.4) is 0 Å². The molecule has 92 valence electrons. The molecule has 3 nitrogen and oxygen atoms in total. The molecule has 0 unspecified atom stereocenters. The molecule has 1 heterocycles. The minimum atomic E-state index is 0.368. The van der Waals surface area contributed by atoms with E-state index in [2.05, 4.69) is 24.9 Å². The molecule has 0 amide bonds. The zero-order valence-electron chi connectivity index (χ0n) is 10.5. The van der Waals surface area contributed by atoms with Crippen molar-refractivity contribution in [2.75, 3.05) is 5.73 Å². The maximum atomic E-state index is 8.90. The van der Waals surface area contributed by atoms with Gasteiger partial charge in [0, 0.05) is 11.3 Å². The minimum absolute atomic E-state index is 0.368. The normalized spacial score (nSPS) is 10.6. The van der Waals surface area contributed by atoms with Gasteiger partial charge in [-0.1, -0.05) is 26.0 Å². The molecule has 2 rings (SSSR count). The van der Waals surface area contributed by atoms with E-state index in [9.17, 15) is 0 Å². The molecule has 0 fully saturated rings. The average Bonchev–Trinajstić information content (AvgIpc) is 2.70. The topological polar surface area (TPSA) is 62.7 Å². The van der Waals surface area contributed by atoms with Gasteiger partial charge in [-0.2, -0.15) is 5.26 Å². The Morgan fingerprint density at radius 2 is 2.22 bits per heavy atom. The number of nitrogen functional groups attached to an aromatic ring is 1. The molecule has 2 N–H and O–H groups in total. The van der Waals surface area contributed by atoms with Crippen molar-refractivity contribution in [2.45, 2.75) is 26.2 Å². The monoisotopic (exact) mass is 257 g/mol. The first-order valence-electron chi connectivity index (χ1n) is 5.84. The molecule has 1 aromatic carbocycles. The Kier molecular flexibility index (Phi) is 3.63. The number of nitrogens with two attached hydrogens (primary N) is 1. The lowest BCUT2D eigenvalue weighted by molar-refractivity contribution is 0.820. The Morgan fingerprint density at radius 1 is 1.44 bits per heavy atom. The molecule has 18 heavy (non-hydrogen) atoms. The maximum Gasteiger partial charge on any atom is 0.180 e. The van der Waals surface area contributed by atoms with E-state index < -0.39 is 0 Å². The molecule has 0 aliphatic heterocycles. The van der Waals surface area contributed by atoms with E-state index in [1.165, 1.54) is 16.2 Å². The number of rotatable bonds is 3. The van der Waals surface area contributed by atoms with Crippen LogP contribution in [-0.4, -0.2) is 4.98 Å². The van der Waals surface area contributed by atoms with E-state index in [1.807, 2.05) is 24.3 Å². The maximum absolute atomic E-state index is 8.90. The first-order valence-corrected chi connectivity index (χ1v) is 6.66. The fraction of sp³-hybridized carbons (Fsp3) is 0.286. The second-order valence-electron chi connectivity index (χ2n) is 4.50. The van der Waals surface area contributed by atoms with Crippen LogP contribution in [0.5, 0.6) is 0 Å². The van der Waals surface area contributed by atoms with Crippen molar-refractivity contribution in [3.8, 4) is 6.07 Å². The molecule has 0 aliphatic carbocycles. The highest BCUT2D eigenvalue weighted by atomic mass is 32.1. The van der Waals surface area contributed by atoms with Crippen LogP contribution in [0.2, 0.25) is 0 Å². The third-order valence-electron chi connectivity index (χ3n) is 2.71. The van der Waals surface area contributed by atoms with Crippen molar-refractivity contribution in [3.63, 3.8) is 0 Å². The summed E-state index contributed by atoms with van der Waals surface area (Å²) >= 11 is 1.53. The average molecular weight is 257 g/mol. The van der Waals surface area contributed by atoms with Crippen LogP contribution in [0.25, 0.3) is 0 Å². The SMILES string of the molecule is CC(C)c1nc(N)sc1Cc1cccc(C#N)c1. The standard InChI is InChI=1S/C14H15N3S/c1-9(2)13-12(18-14(16)17-13)7-10-4-3-5-11(6-10)8-15/h3-6,9H,7H2,1-2H3,(H2,16,17). The van der Waals surface area contributed by atoms with E-state index in [-0.39, 0.29) is 0 Å². The Balaban J connectivity index is 2.31. The molecular formula is C14H15N3S. The lowest BCUT2D eigenvalue weighted by atomic mass is 10.0. The van der Waals surface area contributed by atoms with Crippen LogP contribution < -0.4 is 5.73 Å². The van der Waals surface area contributed by atoms with Crippen LogP contribution in [0.4, 0.5) is 5.13 Å². The van der Waals surface area contributed by atoms with Gasteiger partial charge in [-0.25, -0.2) is 4.98 Å². The zero-order valence-corrected chi connectivity index (χ0v) is 11.3. The Bertz CT molecular complexity index is 593. The van der Waals surface area contributed by atoms with Crippen molar-refractivity contribution in [1.82, 2.24) is 4.98 Å². The van der Waals surface area contributed by atoms with Crippen molar-refractivity contribution in [1.29, 1.82) is 5.26 Å². The number of thiazole rings is 1. The Morgan fingerprint density at radius 3 is 2.89 bits per heavy atom. The molecule has 0 atom stereocenters. The summed E-state index contributed by atoms with van der Waals surface area (Å²) in [6.07, 6.45) is 0.790. The number of benzene rings is 1. The second kappa shape index (κ2) is 5.19. The number of hydrogen-bond donors (Lipinski definition) is 1. The number of hydrogen-bond acceptors (Lipinski definition) is 4. The molecule has 2 aromatic rings. The molecule has 0 saturated heterocycles. The van der Waals surface area contributed by atoms with Crippen LogP contribution >= 0.6 is 11.3 Å². The van der Waals surface area contributed by atoms with Crippen LogP contribution in [-0.2, 0) is 6.42 Å². The highest BCUT2D eigenvalue weighted by Gasteiger charge is 2.13. The van der Waals surface area contributed by atoms with Gasteiger partial charge in [-0.15, -0.1) is 11.3 Å². The molecule has 1 aromatic heterocycles. The first kappa shape index (κ1) is 12.6. The summed E-state index contributed by atoms with van der Waals surface area (Å²) in [4.78, 5) is 5.57. The molecule has 0 bridgehead atoms. The highest BCUT2D eigenvalue weighted by Crippen LogP contribution is 2.28. The fourth-order valence-corrected chi connectivity index (χ4v) is 2.92. The van der Waals surface area contributed by atoms with Crippen molar-refractivity contribution < 1.29 is 0 Å².